The van der Waals surface area contributed by atoms with Crippen LogP contribution in [0.4, 0.5) is 5.69 Å². The number of fused-ring (bicyclic) bond motifs is 1. The number of hydrogen-bond donors (Lipinski definition) is 1. The molecule has 1 N–H and O–H groups in total. The van der Waals surface area contributed by atoms with Crippen molar-refractivity contribution < 1.29 is 14.7 Å². The van der Waals surface area contributed by atoms with Gasteiger partial charge in [0.15, 0.2) is 0 Å². The molecule has 1 aromatic heterocycles. The van der Waals surface area contributed by atoms with Crippen LogP contribution in [0.15, 0.2) is 18.3 Å². The lowest BCUT2D eigenvalue weighted by molar-refractivity contribution is -0.139. The summed E-state index contributed by atoms with van der Waals surface area (Å²) < 4.78 is 0. The second-order valence-corrected chi connectivity index (χ2v) is 3.42. The number of amides is 1. The van der Waals surface area contributed by atoms with Crippen molar-refractivity contribution in [2.24, 2.45) is 0 Å². The number of carboxylic acids is 1. The van der Waals surface area contributed by atoms with Gasteiger partial charge < -0.3 is 5.11 Å². The summed E-state index contributed by atoms with van der Waals surface area (Å²) in [5.41, 5.74) is 1.28. The molecule has 0 saturated heterocycles. The van der Waals surface area contributed by atoms with E-state index in [9.17, 15) is 9.59 Å². The third kappa shape index (κ3) is 1.45. The molecule has 2 rings (SSSR count). The molecule has 78 valence electrons. The minimum Gasteiger partial charge on any atom is -0.480 e. The van der Waals surface area contributed by atoms with E-state index >= 15 is 0 Å². The molecule has 15 heavy (non-hydrogen) atoms. The molecule has 1 aliphatic rings. The fourth-order valence-electron chi connectivity index (χ4n) is 1.84. The van der Waals surface area contributed by atoms with Gasteiger partial charge >= 0.3 is 5.97 Å². The summed E-state index contributed by atoms with van der Waals surface area (Å²) >= 11 is 0. The van der Waals surface area contributed by atoms with Gasteiger partial charge in [-0.3, -0.25) is 14.7 Å². The number of nitrogens with zero attached hydrogens (tertiary/aromatic N) is 2. The highest BCUT2D eigenvalue weighted by Crippen LogP contribution is 2.30. The Morgan fingerprint density at radius 2 is 2.33 bits per heavy atom. The van der Waals surface area contributed by atoms with Crippen LogP contribution in [0.3, 0.4) is 0 Å². The molecular weight excluding hydrogens is 196 g/mol. The number of hydrogen-bond acceptors (Lipinski definition) is 3. The van der Waals surface area contributed by atoms with Gasteiger partial charge in [-0.1, -0.05) is 0 Å². The van der Waals surface area contributed by atoms with E-state index in [1.54, 1.807) is 18.3 Å². The van der Waals surface area contributed by atoms with Gasteiger partial charge in [-0.2, -0.15) is 0 Å². The third-order valence-electron chi connectivity index (χ3n) is 2.45. The van der Waals surface area contributed by atoms with Gasteiger partial charge in [-0.25, -0.2) is 4.79 Å². The van der Waals surface area contributed by atoms with E-state index in [0.29, 0.717) is 11.4 Å². The van der Waals surface area contributed by atoms with Crippen LogP contribution in [0, 0.1) is 0 Å². The summed E-state index contributed by atoms with van der Waals surface area (Å²) in [5, 5.41) is 8.98. The molecule has 5 heteroatoms. The minimum atomic E-state index is -0.997. The summed E-state index contributed by atoms with van der Waals surface area (Å²) in [6.07, 6.45) is 1.88. The first kappa shape index (κ1) is 9.64. The van der Waals surface area contributed by atoms with Crippen LogP contribution in [0.2, 0.25) is 0 Å². The van der Waals surface area contributed by atoms with Crippen molar-refractivity contribution in [1.82, 2.24) is 4.98 Å². The maximum atomic E-state index is 11.4. The number of carbonyl (C=O) groups is 2. The van der Waals surface area contributed by atoms with Gasteiger partial charge in [0.25, 0.3) is 0 Å². The highest BCUT2D eigenvalue weighted by Gasteiger charge is 2.37. The SMILES string of the molecule is CC(=O)N1c2cccnc2CC1C(=O)O. The molecule has 0 bridgehead atoms. The summed E-state index contributed by atoms with van der Waals surface area (Å²) in [7, 11) is 0. The highest BCUT2D eigenvalue weighted by molar-refractivity contribution is 6.00. The molecule has 0 spiro atoms. The second-order valence-electron chi connectivity index (χ2n) is 3.42. The zero-order valence-electron chi connectivity index (χ0n) is 8.17. The molecule has 0 fully saturated rings. The summed E-state index contributed by atoms with van der Waals surface area (Å²) in [5.74, 6) is -1.27. The van der Waals surface area contributed by atoms with Gasteiger partial charge in [0.1, 0.15) is 6.04 Å². The van der Waals surface area contributed by atoms with Crippen LogP contribution in [-0.4, -0.2) is 28.0 Å². The number of aliphatic carboxylic acids is 1. The maximum absolute atomic E-state index is 11.4. The average molecular weight is 206 g/mol. The lowest BCUT2D eigenvalue weighted by atomic mass is 10.2. The summed E-state index contributed by atoms with van der Waals surface area (Å²) in [6.45, 7) is 1.36. The quantitative estimate of drug-likeness (QED) is 0.724. The molecule has 1 amide bonds. The second kappa shape index (κ2) is 3.34. The number of carbonyl (C=O) groups excluding carboxylic acids is 1. The monoisotopic (exact) mass is 206 g/mol. The first-order valence-electron chi connectivity index (χ1n) is 4.57. The van der Waals surface area contributed by atoms with Gasteiger partial charge in [-0.15, -0.1) is 0 Å². The lowest BCUT2D eigenvalue weighted by Crippen LogP contribution is -2.41. The molecule has 1 unspecified atom stereocenters. The Balaban J connectivity index is 2.46. The standard InChI is InChI=1S/C10H10N2O3/c1-6(13)12-8-3-2-4-11-7(8)5-9(12)10(14)15/h2-4,9H,5H2,1H3,(H,14,15). The number of pyridine rings is 1. The van der Waals surface area contributed by atoms with Crippen molar-refractivity contribution in [2.45, 2.75) is 19.4 Å². The number of rotatable bonds is 1. The number of anilines is 1. The number of carboxylic acid groups (broad SMARTS) is 1. The van der Waals surface area contributed by atoms with Gasteiger partial charge in [0.2, 0.25) is 5.91 Å². The fraction of sp³-hybridized carbons (Fsp3) is 0.300. The van der Waals surface area contributed by atoms with E-state index in [4.69, 9.17) is 5.11 Å². The van der Waals surface area contributed by atoms with Crippen molar-refractivity contribution in [3.05, 3.63) is 24.0 Å². The molecule has 5 nitrogen and oxygen atoms in total. The topological polar surface area (TPSA) is 70.5 Å². The minimum absolute atomic E-state index is 0.269. The van der Waals surface area contributed by atoms with Crippen molar-refractivity contribution in [2.75, 3.05) is 4.90 Å². The van der Waals surface area contributed by atoms with Crippen molar-refractivity contribution in [3.63, 3.8) is 0 Å². The summed E-state index contributed by atoms with van der Waals surface area (Å²) in [6, 6.07) is 2.60. The maximum Gasteiger partial charge on any atom is 0.327 e. The average Bonchev–Trinajstić information content (AvgIpc) is 2.56. The molecule has 2 heterocycles. The molecule has 1 aliphatic heterocycles. The first-order valence-corrected chi connectivity index (χ1v) is 4.57. The van der Waals surface area contributed by atoms with Crippen LogP contribution < -0.4 is 4.90 Å². The molecule has 0 aliphatic carbocycles. The van der Waals surface area contributed by atoms with Crippen molar-refractivity contribution in [1.29, 1.82) is 0 Å². The van der Waals surface area contributed by atoms with Crippen LogP contribution in [0.5, 0.6) is 0 Å². The normalized spacial score (nSPS) is 18.7. The van der Waals surface area contributed by atoms with E-state index in [2.05, 4.69) is 4.98 Å². The predicted octanol–water partition coefficient (Wildman–Crippen LogP) is 0.444. The van der Waals surface area contributed by atoms with E-state index in [1.165, 1.54) is 11.8 Å². The first-order chi connectivity index (χ1) is 7.11. The van der Waals surface area contributed by atoms with Gasteiger partial charge in [0.05, 0.1) is 11.4 Å². The molecule has 0 radical (unpaired) electrons. The molecule has 1 atom stereocenters. The van der Waals surface area contributed by atoms with E-state index in [0.717, 1.165) is 0 Å². The Morgan fingerprint density at radius 1 is 1.60 bits per heavy atom. The predicted molar refractivity (Wildman–Crippen MR) is 52.5 cm³/mol. The highest BCUT2D eigenvalue weighted by atomic mass is 16.4. The largest absolute Gasteiger partial charge is 0.480 e. The van der Waals surface area contributed by atoms with Crippen LogP contribution in [-0.2, 0) is 16.0 Å². The van der Waals surface area contributed by atoms with E-state index < -0.39 is 12.0 Å². The lowest BCUT2D eigenvalue weighted by Gasteiger charge is -2.20. The van der Waals surface area contributed by atoms with Crippen LogP contribution in [0.1, 0.15) is 12.6 Å². The fourth-order valence-corrected chi connectivity index (χ4v) is 1.84. The van der Waals surface area contributed by atoms with Gasteiger partial charge in [-0.05, 0) is 12.1 Å². The van der Waals surface area contributed by atoms with E-state index in [-0.39, 0.29) is 12.3 Å². The Hall–Kier alpha value is -1.91. The Kier molecular flexibility index (Phi) is 2.15. The molecular formula is C10H10N2O3. The van der Waals surface area contributed by atoms with E-state index in [1.807, 2.05) is 0 Å². The zero-order chi connectivity index (χ0) is 11.0. The van der Waals surface area contributed by atoms with Crippen molar-refractivity contribution in [3.8, 4) is 0 Å². The Labute approximate surface area is 86.3 Å². The Morgan fingerprint density at radius 3 is 2.93 bits per heavy atom. The molecule has 0 saturated carbocycles. The third-order valence-corrected chi connectivity index (χ3v) is 2.45. The summed E-state index contributed by atoms with van der Waals surface area (Å²) in [4.78, 5) is 27.7. The molecule has 1 aromatic rings. The smallest absolute Gasteiger partial charge is 0.327 e. The Bertz CT molecular complexity index is 430. The van der Waals surface area contributed by atoms with Crippen LogP contribution >= 0.6 is 0 Å². The number of aromatic nitrogens is 1. The van der Waals surface area contributed by atoms with Gasteiger partial charge in [0, 0.05) is 19.5 Å². The zero-order valence-corrected chi connectivity index (χ0v) is 8.17. The van der Waals surface area contributed by atoms with Crippen molar-refractivity contribution >= 4 is 17.6 Å². The molecule has 0 aromatic carbocycles. The van der Waals surface area contributed by atoms with Crippen LogP contribution in [0.25, 0.3) is 0 Å².